The molecule has 2 heterocycles. The van der Waals surface area contributed by atoms with E-state index in [4.69, 9.17) is 11.6 Å². The van der Waals surface area contributed by atoms with Crippen LogP contribution in [0.25, 0.3) is 5.69 Å². The fourth-order valence-electron chi connectivity index (χ4n) is 4.49. The third kappa shape index (κ3) is 4.47. The number of amides is 3. The van der Waals surface area contributed by atoms with Crippen molar-refractivity contribution in [2.45, 2.75) is 19.0 Å². The molecule has 1 aromatic heterocycles. The fraction of sp³-hybridized carbons (Fsp3) is 0.107. The minimum Gasteiger partial charge on any atom is -0.321 e. The van der Waals surface area contributed by atoms with E-state index >= 15 is 4.39 Å². The highest BCUT2D eigenvalue weighted by molar-refractivity contribution is 6.30. The van der Waals surface area contributed by atoms with E-state index in [-0.39, 0.29) is 17.8 Å². The number of anilines is 2. The molecule has 1 aliphatic heterocycles. The molecular weight excluding hydrogens is 495 g/mol. The first kappa shape index (κ1) is 24.3. The Labute approximate surface area is 217 Å². The van der Waals surface area contributed by atoms with Crippen LogP contribution in [0.2, 0.25) is 5.02 Å². The predicted molar refractivity (Wildman–Crippen MR) is 140 cm³/mol. The minimum absolute atomic E-state index is 0.0682. The summed E-state index contributed by atoms with van der Waals surface area (Å²) in [4.78, 5) is 40.5. The van der Waals surface area contributed by atoms with Crippen molar-refractivity contribution in [3.05, 3.63) is 123 Å². The predicted octanol–water partition coefficient (Wildman–Crippen LogP) is 5.53. The molecule has 7 nitrogen and oxygen atoms in total. The van der Waals surface area contributed by atoms with Crippen molar-refractivity contribution in [2.24, 2.45) is 0 Å². The van der Waals surface area contributed by atoms with Crippen LogP contribution in [0.1, 0.15) is 18.1 Å². The van der Waals surface area contributed by atoms with Crippen LogP contribution in [0.5, 0.6) is 0 Å². The number of rotatable bonds is 4. The van der Waals surface area contributed by atoms with E-state index in [9.17, 15) is 14.4 Å². The van der Waals surface area contributed by atoms with Gasteiger partial charge in [-0.2, -0.15) is 0 Å². The number of carbonyl (C=O) groups is 2. The Kier molecular flexibility index (Phi) is 6.27. The fourth-order valence-corrected chi connectivity index (χ4v) is 4.62. The number of fused-ring (bicyclic) bond motifs is 1. The van der Waals surface area contributed by atoms with Gasteiger partial charge in [0.15, 0.2) is 0 Å². The molecular formula is C28H22ClFN4O3. The molecule has 0 spiro atoms. The Hall–Kier alpha value is -4.43. The molecule has 2 N–H and O–H groups in total. The molecule has 1 aliphatic rings. The summed E-state index contributed by atoms with van der Waals surface area (Å²) in [7, 11) is 0. The largest absolute Gasteiger partial charge is 0.323 e. The minimum atomic E-state index is -1.42. The molecule has 37 heavy (non-hydrogen) atoms. The van der Waals surface area contributed by atoms with Crippen molar-refractivity contribution in [1.29, 1.82) is 0 Å². The molecule has 0 saturated carbocycles. The van der Waals surface area contributed by atoms with E-state index in [0.29, 0.717) is 22.0 Å². The van der Waals surface area contributed by atoms with Crippen LogP contribution in [0.3, 0.4) is 0 Å². The first-order chi connectivity index (χ1) is 17.8. The van der Waals surface area contributed by atoms with Gasteiger partial charge in [-0.3, -0.25) is 14.2 Å². The number of carbonyl (C=O) groups excluding carboxylic acids is 2. The van der Waals surface area contributed by atoms with Gasteiger partial charge in [0.25, 0.3) is 11.5 Å². The number of hydrogen-bond acceptors (Lipinski definition) is 3. The number of halogens is 2. The zero-order chi connectivity index (χ0) is 26.2. The van der Waals surface area contributed by atoms with Gasteiger partial charge >= 0.3 is 6.03 Å². The Morgan fingerprint density at radius 2 is 1.68 bits per heavy atom. The summed E-state index contributed by atoms with van der Waals surface area (Å²) in [5.74, 6) is -1.29. The lowest BCUT2D eigenvalue weighted by Crippen LogP contribution is -2.52. The first-order valence-corrected chi connectivity index (χ1v) is 11.9. The number of nitrogens with zero attached hydrogens (tertiary/aromatic N) is 2. The van der Waals surface area contributed by atoms with Gasteiger partial charge in [0.1, 0.15) is 11.4 Å². The Bertz CT molecular complexity index is 1570. The second-order valence-corrected chi connectivity index (χ2v) is 9.22. The number of pyridine rings is 1. The van der Waals surface area contributed by atoms with Gasteiger partial charge in [0, 0.05) is 35.6 Å². The standard InChI is InChI=1S/C28H22ClFN4O3/c1-28(26(36)32-24-14-13-21(16-23(24)30)33-15-5-4-8-25(33)35)22-7-3-2-6-18(22)17-34(28)27(37)31-20-11-9-19(29)10-12-20/h2-16H,17H2,1H3,(H,31,37)(H,32,36). The Balaban J connectivity index is 1.45. The van der Waals surface area contributed by atoms with Gasteiger partial charge in [-0.25, -0.2) is 9.18 Å². The highest BCUT2D eigenvalue weighted by Gasteiger charge is 2.49. The van der Waals surface area contributed by atoms with E-state index < -0.39 is 23.3 Å². The van der Waals surface area contributed by atoms with Crippen LogP contribution < -0.4 is 16.2 Å². The van der Waals surface area contributed by atoms with E-state index in [1.165, 1.54) is 39.9 Å². The van der Waals surface area contributed by atoms with Gasteiger partial charge in [0.2, 0.25) is 0 Å². The molecule has 5 rings (SSSR count). The van der Waals surface area contributed by atoms with Crippen LogP contribution in [0.15, 0.2) is 95.9 Å². The highest BCUT2D eigenvalue weighted by atomic mass is 35.5. The van der Waals surface area contributed by atoms with E-state index in [0.717, 1.165) is 5.56 Å². The molecule has 0 bridgehead atoms. The van der Waals surface area contributed by atoms with Gasteiger partial charge in [-0.05, 0) is 60.5 Å². The first-order valence-electron chi connectivity index (χ1n) is 11.5. The normalized spacial score (nSPS) is 16.2. The van der Waals surface area contributed by atoms with Crippen molar-refractivity contribution in [3.63, 3.8) is 0 Å². The molecule has 0 fully saturated rings. The Morgan fingerprint density at radius 3 is 2.41 bits per heavy atom. The lowest BCUT2D eigenvalue weighted by Gasteiger charge is -2.34. The zero-order valence-electron chi connectivity index (χ0n) is 19.7. The molecule has 1 unspecified atom stereocenters. The van der Waals surface area contributed by atoms with Crippen LogP contribution in [-0.2, 0) is 16.9 Å². The maximum atomic E-state index is 15.1. The maximum Gasteiger partial charge on any atom is 0.323 e. The summed E-state index contributed by atoms with van der Waals surface area (Å²) in [5, 5.41) is 5.98. The smallest absolute Gasteiger partial charge is 0.321 e. The topological polar surface area (TPSA) is 83.4 Å². The van der Waals surface area contributed by atoms with Crippen molar-refractivity contribution in [1.82, 2.24) is 9.47 Å². The quantitative estimate of drug-likeness (QED) is 0.374. The van der Waals surface area contributed by atoms with Gasteiger partial charge in [-0.15, -0.1) is 0 Å². The van der Waals surface area contributed by atoms with Crippen LogP contribution in [0.4, 0.5) is 20.6 Å². The summed E-state index contributed by atoms with van der Waals surface area (Å²) in [6.45, 7) is 1.82. The van der Waals surface area contributed by atoms with E-state index in [2.05, 4.69) is 10.6 Å². The third-order valence-electron chi connectivity index (χ3n) is 6.49. The molecule has 3 aromatic carbocycles. The van der Waals surface area contributed by atoms with Crippen molar-refractivity contribution in [2.75, 3.05) is 10.6 Å². The third-order valence-corrected chi connectivity index (χ3v) is 6.75. The zero-order valence-corrected chi connectivity index (χ0v) is 20.5. The highest BCUT2D eigenvalue weighted by Crippen LogP contribution is 2.40. The average Bonchev–Trinajstić information content (AvgIpc) is 3.21. The molecule has 9 heteroatoms. The molecule has 0 aliphatic carbocycles. The summed E-state index contributed by atoms with van der Waals surface area (Å²) >= 11 is 5.94. The molecule has 3 amide bonds. The molecule has 0 saturated heterocycles. The lowest BCUT2D eigenvalue weighted by molar-refractivity contribution is -0.125. The molecule has 1 atom stereocenters. The monoisotopic (exact) mass is 516 g/mol. The van der Waals surface area contributed by atoms with Crippen LogP contribution in [0, 0.1) is 5.82 Å². The van der Waals surface area contributed by atoms with Gasteiger partial charge in [0.05, 0.1) is 11.4 Å². The summed E-state index contributed by atoms with van der Waals surface area (Å²) in [6, 6.07) is 22.1. The second kappa shape index (κ2) is 9.55. The summed E-state index contributed by atoms with van der Waals surface area (Å²) in [5.41, 5.74) is 0.498. The van der Waals surface area contributed by atoms with Crippen LogP contribution in [-0.4, -0.2) is 21.4 Å². The van der Waals surface area contributed by atoms with Gasteiger partial charge < -0.3 is 15.5 Å². The lowest BCUT2D eigenvalue weighted by atomic mass is 9.90. The molecule has 0 radical (unpaired) electrons. The van der Waals surface area contributed by atoms with Gasteiger partial charge in [-0.1, -0.05) is 41.9 Å². The Morgan fingerprint density at radius 1 is 0.946 bits per heavy atom. The van der Waals surface area contributed by atoms with Crippen molar-refractivity contribution >= 4 is 34.9 Å². The second-order valence-electron chi connectivity index (χ2n) is 8.78. The van der Waals surface area contributed by atoms with Crippen molar-refractivity contribution < 1.29 is 14.0 Å². The van der Waals surface area contributed by atoms with Crippen molar-refractivity contribution in [3.8, 4) is 5.69 Å². The average molecular weight is 517 g/mol. The number of benzene rings is 3. The van der Waals surface area contributed by atoms with E-state index in [1.54, 1.807) is 55.5 Å². The maximum absolute atomic E-state index is 15.1. The summed E-state index contributed by atoms with van der Waals surface area (Å²) < 4.78 is 16.4. The van der Waals surface area contributed by atoms with E-state index in [1.807, 2.05) is 12.1 Å². The molecule has 186 valence electrons. The number of hydrogen-bond donors (Lipinski definition) is 2. The SMILES string of the molecule is CC1(C(=O)Nc2ccc(-n3ccccc3=O)cc2F)c2ccccc2CN1C(=O)Nc1ccc(Cl)cc1. The van der Waals surface area contributed by atoms with Crippen LogP contribution >= 0.6 is 11.6 Å². The number of nitrogens with one attached hydrogen (secondary N) is 2. The summed E-state index contributed by atoms with van der Waals surface area (Å²) in [6.07, 6.45) is 1.53. The number of aromatic nitrogens is 1. The number of urea groups is 1. The molecule has 4 aromatic rings.